The van der Waals surface area contributed by atoms with Gasteiger partial charge in [0.15, 0.2) is 0 Å². The largest absolute Gasteiger partial charge is 0.461 e. The number of benzene rings is 1. The Bertz CT molecular complexity index is 667. The average Bonchev–Trinajstić information content (AvgIpc) is 2.38. The monoisotopic (exact) mass is 305 g/mol. The molecule has 2 rings (SSSR count). The van der Waals surface area contributed by atoms with Crippen molar-refractivity contribution in [3.05, 3.63) is 29.6 Å². The van der Waals surface area contributed by atoms with Gasteiger partial charge in [0, 0.05) is 11.9 Å². The molecule has 0 aliphatic heterocycles. The number of alkyl halides is 5. The van der Waals surface area contributed by atoms with Crippen molar-refractivity contribution in [2.75, 3.05) is 11.9 Å². The molecule has 0 fully saturated rings. The molecule has 114 valence electrons. The van der Waals surface area contributed by atoms with Crippen LogP contribution in [0.3, 0.4) is 0 Å². The number of halogens is 5. The molecule has 0 spiro atoms. The molecule has 0 aliphatic rings. The Hall–Kier alpha value is -1.99. The zero-order valence-corrected chi connectivity index (χ0v) is 11.2. The molecule has 1 N–H and O–H groups in total. The third-order valence-corrected chi connectivity index (χ3v) is 2.91. The number of fused-ring (bicyclic) bond motifs is 1. The number of hydrogen-bond donors (Lipinski definition) is 1. The number of aromatic nitrogens is 2. The summed E-state index contributed by atoms with van der Waals surface area (Å²) in [6.45, 7) is 3.60. The second kappa shape index (κ2) is 5.09. The summed E-state index contributed by atoms with van der Waals surface area (Å²) in [5.74, 6) is -6.69. The molecule has 0 amide bonds. The maximum absolute atomic E-state index is 13.5. The Labute approximate surface area is 117 Å². The van der Waals surface area contributed by atoms with Gasteiger partial charge < -0.3 is 5.32 Å². The van der Waals surface area contributed by atoms with Gasteiger partial charge in [-0.3, -0.25) is 0 Å². The van der Waals surface area contributed by atoms with E-state index in [0.717, 1.165) is 0 Å². The zero-order valence-electron chi connectivity index (χ0n) is 11.2. The molecule has 0 unspecified atom stereocenters. The van der Waals surface area contributed by atoms with Crippen molar-refractivity contribution in [2.45, 2.75) is 25.9 Å². The Morgan fingerprint density at radius 2 is 1.76 bits per heavy atom. The van der Waals surface area contributed by atoms with Crippen LogP contribution in [0.2, 0.25) is 0 Å². The molecular weight excluding hydrogens is 293 g/mol. The zero-order chi connectivity index (χ0) is 15.8. The van der Waals surface area contributed by atoms with Gasteiger partial charge in [-0.15, -0.1) is 0 Å². The van der Waals surface area contributed by atoms with Crippen molar-refractivity contribution in [3.63, 3.8) is 0 Å². The van der Waals surface area contributed by atoms with Gasteiger partial charge in [-0.05, 0) is 25.5 Å². The van der Waals surface area contributed by atoms with Crippen LogP contribution in [0.15, 0.2) is 18.2 Å². The lowest BCUT2D eigenvalue weighted by Gasteiger charge is -2.19. The second-order valence-corrected chi connectivity index (χ2v) is 4.47. The number of hydrogen-bond acceptors (Lipinski definition) is 3. The van der Waals surface area contributed by atoms with Crippen molar-refractivity contribution in [1.82, 2.24) is 9.97 Å². The molecule has 21 heavy (non-hydrogen) atoms. The fourth-order valence-corrected chi connectivity index (χ4v) is 1.86. The third-order valence-electron chi connectivity index (χ3n) is 2.91. The number of para-hydroxylation sites is 1. The summed E-state index contributed by atoms with van der Waals surface area (Å²) in [5.41, 5.74) is 0.565. The van der Waals surface area contributed by atoms with Crippen LogP contribution in [0.4, 0.5) is 27.8 Å². The molecule has 0 saturated carbocycles. The molecule has 0 atom stereocenters. The summed E-state index contributed by atoms with van der Waals surface area (Å²) in [5, 5.41) is 3.09. The molecule has 1 aromatic heterocycles. The van der Waals surface area contributed by atoms with E-state index in [4.69, 9.17) is 0 Å². The van der Waals surface area contributed by atoms with Crippen molar-refractivity contribution in [2.24, 2.45) is 0 Å². The summed E-state index contributed by atoms with van der Waals surface area (Å²) in [4.78, 5) is 6.81. The third kappa shape index (κ3) is 2.62. The molecule has 0 radical (unpaired) electrons. The van der Waals surface area contributed by atoms with Gasteiger partial charge in [-0.2, -0.15) is 22.0 Å². The lowest BCUT2D eigenvalue weighted by atomic mass is 10.1. The molecule has 1 heterocycles. The number of aryl methyl sites for hydroxylation is 1. The first-order chi connectivity index (χ1) is 9.68. The number of anilines is 1. The number of rotatable bonds is 3. The van der Waals surface area contributed by atoms with E-state index in [-0.39, 0.29) is 11.3 Å². The van der Waals surface area contributed by atoms with Gasteiger partial charge in [-0.1, -0.05) is 12.1 Å². The SMILES string of the molecule is CCNc1nc(C(F)(F)C(F)(F)F)nc2c(C)cccc12. The first kappa shape index (κ1) is 15.4. The maximum Gasteiger partial charge on any atom is 0.461 e. The predicted molar refractivity (Wildman–Crippen MR) is 68.4 cm³/mol. The van der Waals surface area contributed by atoms with Crippen molar-refractivity contribution in [1.29, 1.82) is 0 Å². The Kier molecular flexibility index (Phi) is 3.73. The molecule has 2 aromatic rings. The molecule has 0 aliphatic carbocycles. The second-order valence-electron chi connectivity index (χ2n) is 4.47. The molecule has 3 nitrogen and oxygen atoms in total. The highest BCUT2D eigenvalue weighted by Gasteiger charge is 2.61. The molecule has 8 heteroatoms. The smallest absolute Gasteiger partial charge is 0.370 e. The first-order valence-electron chi connectivity index (χ1n) is 6.14. The van der Waals surface area contributed by atoms with Crippen LogP contribution in [0.5, 0.6) is 0 Å². The van der Waals surface area contributed by atoms with Gasteiger partial charge in [-0.25, -0.2) is 9.97 Å². The van der Waals surface area contributed by atoms with E-state index >= 15 is 0 Å². The summed E-state index contributed by atoms with van der Waals surface area (Å²) in [6, 6.07) is 4.81. The summed E-state index contributed by atoms with van der Waals surface area (Å²) < 4.78 is 64.4. The van der Waals surface area contributed by atoms with Crippen molar-refractivity contribution >= 4 is 16.7 Å². The highest BCUT2D eigenvalue weighted by molar-refractivity contribution is 5.91. The van der Waals surface area contributed by atoms with Gasteiger partial charge in [0.1, 0.15) is 5.82 Å². The maximum atomic E-state index is 13.5. The lowest BCUT2D eigenvalue weighted by molar-refractivity contribution is -0.292. The fourth-order valence-electron chi connectivity index (χ4n) is 1.86. The Morgan fingerprint density at radius 1 is 1.10 bits per heavy atom. The highest BCUT2D eigenvalue weighted by atomic mass is 19.4. The fraction of sp³-hybridized carbons (Fsp3) is 0.385. The van der Waals surface area contributed by atoms with Crippen LogP contribution < -0.4 is 5.32 Å². The highest BCUT2D eigenvalue weighted by Crippen LogP contribution is 2.43. The summed E-state index contributed by atoms with van der Waals surface area (Å²) in [6.07, 6.45) is -5.74. The lowest BCUT2D eigenvalue weighted by Crippen LogP contribution is -2.35. The minimum Gasteiger partial charge on any atom is -0.370 e. The van der Waals surface area contributed by atoms with Crippen molar-refractivity contribution < 1.29 is 22.0 Å². The molecule has 0 saturated heterocycles. The van der Waals surface area contributed by atoms with E-state index in [1.807, 2.05) is 0 Å². The Morgan fingerprint density at radius 3 is 2.33 bits per heavy atom. The number of nitrogens with one attached hydrogen (secondary N) is 1. The van der Waals surface area contributed by atoms with Gasteiger partial charge in [0.25, 0.3) is 0 Å². The topological polar surface area (TPSA) is 37.8 Å². The van der Waals surface area contributed by atoms with Crippen LogP contribution in [-0.4, -0.2) is 22.7 Å². The van der Waals surface area contributed by atoms with E-state index in [0.29, 0.717) is 17.5 Å². The van der Waals surface area contributed by atoms with E-state index in [1.165, 1.54) is 0 Å². The van der Waals surface area contributed by atoms with Crippen molar-refractivity contribution in [3.8, 4) is 0 Å². The van der Waals surface area contributed by atoms with E-state index in [9.17, 15) is 22.0 Å². The first-order valence-corrected chi connectivity index (χ1v) is 6.14. The Balaban J connectivity index is 2.75. The normalized spacial score (nSPS) is 12.7. The van der Waals surface area contributed by atoms with Gasteiger partial charge in [0.05, 0.1) is 5.52 Å². The summed E-state index contributed by atoms with van der Waals surface area (Å²) in [7, 11) is 0. The molecule has 0 bridgehead atoms. The van der Waals surface area contributed by atoms with Gasteiger partial charge >= 0.3 is 12.1 Å². The quantitative estimate of drug-likeness (QED) is 0.870. The average molecular weight is 305 g/mol. The van der Waals surface area contributed by atoms with Crippen LogP contribution in [-0.2, 0) is 5.92 Å². The van der Waals surface area contributed by atoms with Crippen LogP contribution in [0, 0.1) is 6.92 Å². The standard InChI is InChI=1S/C13H12F5N3/c1-3-19-10-8-6-4-5-7(2)9(8)20-11(21-10)12(14,15)13(16,17)18/h4-6H,3H2,1-2H3,(H,19,20,21). The molecular formula is C13H12F5N3. The van der Waals surface area contributed by atoms with Crippen LogP contribution in [0.1, 0.15) is 18.3 Å². The minimum atomic E-state index is -5.74. The van der Waals surface area contributed by atoms with E-state index < -0.39 is 17.9 Å². The predicted octanol–water partition coefficient (Wildman–Crippen LogP) is 4.02. The summed E-state index contributed by atoms with van der Waals surface area (Å²) >= 11 is 0. The number of nitrogens with zero attached hydrogens (tertiary/aromatic N) is 2. The minimum absolute atomic E-state index is 0.0369. The van der Waals surface area contributed by atoms with Crippen LogP contribution in [0.25, 0.3) is 10.9 Å². The van der Waals surface area contributed by atoms with Crippen LogP contribution >= 0.6 is 0 Å². The van der Waals surface area contributed by atoms with E-state index in [2.05, 4.69) is 15.3 Å². The van der Waals surface area contributed by atoms with Gasteiger partial charge in [0.2, 0.25) is 5.82 Å². The molecule has 1 aromatic carbocycles. The van der Waals surface area contributed by atoms with E-state index in [1.54, 1.807) is 32.0 Å².